The standard InChI is InChI=1S/C15H23NO2/c1-4-11(10-17-2)16-14-9-8-13-12(14)6-5-7-15(13)18-3/h5-7,11,14,16H,4,8-10H2,1-3H3/t11-,14+/m1/s1. The molecule has 2 atom stereocenters. The average Bonchev–Trinajstić information content (AvgIpc) is 2.81. The fraction of sp³-hybridized carbons (Fsp3) is 0.600. The molecule has 0 amide bonds. The van der Waals surface area contributed by atoms with Crippen molar-refractivity contribution in [1.29, 1.82) is 0 Å². The highest BCUT2D eigenvalue weighted by molar-refractivity contribution is 5.45. The molecule has 18 heavy (non-hydrogen) atoms. The van der Waals surface area contributed by atoms with Gasteiger partial charge in [-0.15, -0.1) is 0 Å². The summed E-state index contributed by atoms with van der Waals surface area (Å²) in [6, 6.07) is 7.21. The van der Waals surface area contributed by atoms with E-state index in [2.05, 4.69) is 24.4 Å². The Morgan fingerprint density at radius 3 is 2.89 bits per heavy atom. The van der Waals surface area contributed by atoms with Gasteiger partial charge in [0.2, 0.25) is 0 Å². The van der Waals surface area contributed by atoms with Gasteiger partial charge in [-0.2, -0.15) is 0 Å². The lowest BCUT2D eigenvalue weighted by Crippen LogP contribution is -2.34. The molecule has 3 heteroatoms. The molecule has 0 spiro atoms. The lowest BCUT2D eigenvalue weighted by Gasteiger charge is -2.22. The van der Waals surface area contributed by atoms with E-state index in [1.807, 2.05) is 6.07 Å². The Morgan fingerprint density at radius 2 is 2.22 bits per heavy atom. The topological polar surface area (TPSA) is 30.5 Å². The monoisotopic (exact) mass is 249 g/mol. The second kappa shape index (κ2) is 6.21. The van der Waals surface area contributed by atoms with Crippen molar-refractivity contribution in [2.75, 3.05) is 20.8 Å². The Morgan fingerprint density at radius 1 is 1.39 bits per heavy atom. The quantitative estimate of drug-likeness (QED) is 0.841. The predicted molar refractivity (Wildman–Crippen MR) is 73.1 cm³/mol. The van der Waals surface area contributed by atoms with Crippen LogP contribution < -0.4 is 10.1 Å². The van der Waals surface area contributed by atoms with Crippen LogP contribution in [0.3, 0.4) is 0 Å². The minimum Gasteiger partial charge on any atom is -0.496 e. The molecule has 0 fully saturated rings. The zero-order valence-electron chi connectivity index (χ0n) is 11.5. The number of ether oxygens (including phenoxy) is 2. The Labute approximate surface area is 109 Å². The van der Waals surface area contributed by atoms with E-state index in [-0.39, 0.29) is 0 Å². The summed E-state index contributed by atoms with van der Waals surface area (Å²) in [5, 5.41) is 3.69. The SMILES string of the molecule is CC[C@H](COC)N[C@H]1CCc2c(OC)cccc21. The molecule has 1 aliphatic rings. The number of hydrogen-bond acceptors (Lipinski definition) is 3. The third kappa shape index (κ3) is 2.68. The minimum absolute atomic E-state index is 0.428. The number of methoxy groups -OCH3 is 2. The first-order valence-electron chi connectivity index (χ1n) is 6.70. The van der Waals surface area contributed by atoms with Gasteiger partial charge in [-0.1, -0.05) is 19.1 Å². The molecule has 1 aromatic carbocycles. The van der Waals surface area contributed by atoms with Gasteiger partial charge in [0.1, 0.15) is 5.75 Å². The smallest absolute Gasteiger partial charge is 0.122 e. The van der Waals surface area contributed by atoms with E-state index in [0.29, 0.717) is 12.1 Å². The molecule has 0 aromatic heterocycles. The number of hydrogen-bond donors (Lipinski definition) is 1. The van der Waals surface area contributed by atoms with Gasteiger partial charge >= 0.3 is 0 Å². The highest BCUT2D eigenvalue weighted by atomic mass is 16.5. The molecular formula is C15H23NO2. The van der Waals surface area contributed by atoms with Crippen LogP contribution in [0.15, 0.2) is 18.2 Å². The predicted octanol–water partition coefficient (Wildman–Crippen LogP) is 2.70. The van der Waals surface area contributed by atoms with Crippen LogP contribution in [0.5, 0.6) is 5.75 Å². The van der Waals surface area contributed by atoms with Crippen LogP contribution >= 0.6 is 0 Å². The van der Waals surface area contributed by atoms with Crippen molar-refractivity contribution in [1.82, 2.24) is 5.32 Å². The van der Waals surface area contributed by atoms with E-state index in [4.69, 9.17) is 9.47 Å². The van der Waals surface area contributed by atoms with E-state index in [1.165, 1.54) is 11.1 Å². The van der Waals surface area contributed by atoms with Crippen LogP contribution in [0.1, 0.15) is 36.9 Å². The Balaban J connectivity index is 2.11. The molecule has 0 bridgehead atoms. The van der Waals surface area contributed by atoms with Crippen molar-refractivity contribution in [3.8, 4) is 5.75 Å². The summed E-state index contributed by atoms with van der Waals surface area (Å²) >= 11 is 0. The van der Waals surface area contributed by atoms with Crippen molar-refractivity contribution in [2.24, 2.45) is 0 Å². The van der Waals surface area contributed by atoms with Gasteiger partial charge in [-0.05, 0) is 36.5 Å². The summed E-state index contributed by atoms with van der Waals surface area (Å²) in [6.07, 6.45) is 3.33. The summed E-state index contributed by atoms with van der Waals surface area (Å²) in [5.74, 6) is 1.02. The molecule has 0 unspecified atom stereocenters. The number of nitrogens with one attached hydrogen (secondary N) is 1. The zero-order chi connectivity index (χ0) is 13.0. The van der Waals surface area contributed by atoms with E-state index >= 15 is 0 Å². The van der Waals surface area contributed by atoms with Crippen LogP contribution in [-0.2, 0) is 11.2 Å². The molecule has 2 rings (SSSR count). The second-order valence-electron chi connectivity index (χ2n) is 4.85. The molecule has 3 nitrogen and oxygen atoms in total. The van der Waals surface area contributed by atoms with Crippen LogP contribution in [0.2, 0.25) is 0 Å². The number of rotatable bonds is 6. The van der Waals surface area contributed by atoms with E-state index in [1.54, 1.807) is 14.2 Å². The average molecular weight is 249 g/mol. The van der Waals surface area contributed by atoms with Gasteiger partial charge in [0, 0.05) is 19.2 Å². The van der Waals surface area contributed by atoms with Crippen LogP contribution in [0, 0.1) is 0 Å². The van der Waals surface area contributed by atoms with Gasteiger partial charge in [0.25, 0.3) is 0 Å². The summed E-state index contributed by atoms with van der Waals surface area (Å²) < 4.78 is 10.7. The van der Waals surface area contributed by atoms with Gasteiger partial charge in [0.15, 0.2) is 0 Å². The molecule has 100 valence electrons. The molecule has 1 aromatic rings. The molecule has 0 radical (unpaired) electrons. The van der Waals surface area contributed by atoms with Crippen LogP contribution in [0.25, 0.3) is 0 Å². The molecule has 0 aliphatic heterocycles. The van der Waals surface area contributed by atoms with E-state index in [9.17, 15) is 0 Å². The summed E-state index contributed by atoms with van der Waals surface area (Å²) in [5.41, 5.74) is 2.76. The Hall–Kier alpha value is -1.06. The third-order valence-corrected chi connectivity index (χ3v) is 3.75. The van der Waals surface area contributed by atoms with E-state index in [0.717, 1.165) is 31.6 Å². The second-order valence-corrected chi connectivity index (χ2v) is 4.85. The highest BCUT2D eigenvalue weighted by Crippen LogP contribution is 2.37. The molecular weight excluding hydrogens is 226 g/mol. The lowest BCUT2D eigenvalue weighted by molar-refractivity contribution is 0.158. The number of fused-ring (bicyclic) bond motifs is 1. The fourth-order valence-corrected chi connectivity index (χ4v) is 2.75. The van der Waals surface area contributed by atoms with Crippen molar-refractivity contribution < 1.29 is 9.47 Å². The first-order chi connectivity index (χ1) is 8.80. The molecule has 0 heterocycles. The fourth-order valence-electron chi connectivity index (χ4n) is 2.75. The van der Waals surface area contributed by atoms with Gasteiger partial charge in [0.05, 0.1) is 13.7 Å². The van der Waals surface area contributed by atoms with Gasteiger partial charge in [-0.3, -0.25) is 0 Å². The normalized spacial score (nSPS) is 19.6. The first kappa shape index (κ1) is 13.4. The molecule has 1 N–H and O–H groups in total. The molecule has 0 saturated heterocycles. The van der Waals surface area contributed by atoms with Crippen LogP contribution in [-0.4, -0.2) is 26.9 Å². The van der Waals surface area contributed by atoms with Gasteiger partial charge < -0.3 is 14.8 Å². The lowest BCUT2D eigenvalue weighted by atomic mass is 10.1. The summed E-state index contributed by atoms with van der Waals surface area (Å²) in [4.78, 5) is 0. The summed E-state index contributed by atoms with van der Waals surface area (Å²) in [7, 11) is 3.51. The Kier molecular flexibility index (Phi) is 4.61. The Bertz CT molecular complexity index is 392. The van der Waals surface area contributed by atoms with Gasteiger partial charge in [-0.25, -0.2) is 0 Å². The van der Waals surface area contributed by atoms with Crippen LogP contribution in [0.4, 0.5) is 0 Å². The molecule has 1 aliphatic carbocycles. The van der Waals surface area contributed by atoms with Crippen molar-refractivity contribution in [3.05, 3.63) is 29.3 Å². The maximum atomic E-state index is 5.43. The largest absolute Gasteiger partial charge is 0.496 e. The number of benzene rings is 1. The van der Waals surface area contributed by atoms with E-state index < -0.39 is 0 Å². The maximum absolute atomic E-state index is 5.43. The minimum atomic E-state index is 0.428. The zero-order valence-corrected chi connectivity index (χ0v) is 11.5. The molecule has 0 saturated carbocycles. The third-order valence-electron chi connectivity index (χ3n) is 3.75. The van der Waals surface area contributed by atoms with Crippen molar-refractivity contribution in [3.63, 3.8) is 0 Å². The maximum Gasteiger partial charge on any atom is 0.122 e. The first-order valence-corrected chi connectivity index (χ1v) is 6.70. The summed E-state index contributed by atoms with van der Waals surface area (Å²) in [6.45, 7) is 2.96. The van der Waals surface area contributed by atoms with Crippen molar-refractivity contribution in [2.45, 2.75) is 38.3 Å². The highest BCUT2D eigenvalue weighted by Gasteiger charge is 2.26. The van der Waals surface area contributed by atoms with Crippen molar-refractivity contribution >= 4 is 0 Å².